The van der Waals surface area contributed by atoms with E-state index in [-0.39, 0.29) is 10.7 Å². The summed E-state index contributed by atoms with van der Waals surface area (Å²) in [5.74, 6) is 0. The van der Waals surface area contributed by atoms with Crippen molar-refractivity contribution in [3.63, 3.8) is 0 Å². The molecule has 0 spiro atoms. The van der Waals surface area contributed by atoms with Gasteiger partial charge in [0.05, 0.1) is 20.9 Å². The summed E-state index contributed by atoms with van der Waals surface area (Å²) in [4.78, 5) is 16.5. The van der Waals surface area contributed by atoms with Crippen LogP contribution in [0.5, 0.6) is 0 Å². The maximum absolute atomic E-state index is 8.25. The lowest BCUT2D eigenvalue weighted by Crippen LogP contribution is -2.44. The van der Waals surface area contributed by atoms with E-state index < -0.39 is 10.2 Å². The molecule has 0 rings (SSSR count). The molecule has 132 valence electrons. The fraction of sp³-hybridized carbons (Fsp3) is 0.667. The second-order valence-corrected chi connectivity index (χ2v) is 5.80. The molecule has 0 fully saturated rings. The average molecular weight is 364 g/mol. The molecule has 0 amide bonds. The van der Waals surface area contributed by atoms with Gasteiger partial charge in [0.1, 0.15) is 0 Å². The van der Waals surface area contributed by atoms with Crippen molar-refractivity contribution in [3.8, 4) is 0 Å². The molecule has 0 aromatic heterocycles. The van der Waals surface area contributed by atoms with Crippen LogP contribution in [0.3, 0.4) is 0 Å². The summed E-state index contributed by atoms with van der Waals surface area (Å²) in [6, 6.07) is 0. The predicted molar refractivity (Wildman–Crippen MR) is 85.4 cm³/mol. The van der Waals surface area contributed by atoms with Crippen molar-refractivity contribution in [1.29, 1.82) is 0 Å². The molecule has 2 atom stereocenters. The molecular formula is C6H20N8O6S2. The van der Waals surface area contributed by atoms with Crippen LogP contribution < -0.4 is 33.8 Å². The van der Waals surface area contributed by atoms with Crippen molar-refractivity contribution in [1.82, 2.24) is 0 Å². The van der Waals surface area contributed by atoms with Gasteiger partial charge >= 0.3 is 10.3 Å². The average Bonchev–Trinajstić information content (AvgIpc) is 2.10. The smallest absolute Gasteiger partial charge is 0.301 e. The number of nitrogens with zero attached hydrogens (tertiary/aromatic N) is 2. The summed E-state index contributed by atoms with van der Waals surface area (Å²) in [6.45, 7) is 3.65. The Morgan fingerprint density at radius 2 is 1.00 bits per heavy atom. The first-order valence-electron chi connectivity index (χ1n) is 4.95. The second kappa shape index (κ2) is 19.0. The molecule has 16 heteroatoms. The van der Waals surface area contributed by atoms with Gasteiger partial charge in [-0.1, -0.05) is 0 Å². The lowest BCUT2D eigenvalue weighted by molar-refractivity contribution is -0.403. The van der Waals surface area contributed by atoms with Gasteiger partial charge in [-0.05, 0) is 37.4 Å². The lowest BCUT2D eigenvalue weighted by atomic mass is 10.8. The minimum Gasteiger partial charge on any atom is -0.356 e. The monoisotopic (exact) mass is 364 g/mol. The number of hydrogen-bond donors (Lipinski definition) is 6. The van der Waals surface area contributed by atoms with Crippen molar-refractivity contribution in [3.05, 3.63) is 30.6 Å². The maximum Gasteiger partial charge on any atom is 0.301 e. The number of amidine groups is 2. The summed E-state index contributed by atoms with van der Waals surface area (Å²) in [5.41, 5.74) is 20.7. The predicted octanol–water partition coefficient (Wildman–Crippen LogP) is -4.28. The van der Waals surface area contributed by atoms with Crippen LogP contribution >= 0.6 is 23.5 Å². The molecule has 14 nitrogen and oxygen atoms in total. The maximum atomic E-state index is 8.25. The summed E-state index contributed by atoms with van der Waals surface area (Å²) < 4.78 is 0. The third kappa shape index (κ3) is 145. The van der Waals surface area contributed by atoms with E-state index in [1.807, 2.05) is 13.8 Å². The van der Waals surface area contributed by atoms with E-state index in [1.165, 1.54) is 23.5 Å². The van der Waals surface area contributed by atoms with Gasteiger partial charge < -0.3 is 42.1 Å². The molecule has 0 saturated heterocycles. The van der Waals surface area contributed by atoms with Gasteiger partial charge in [0.2, 0.25) is 0 Å². The summed E-state index contributed by atoms with van der Waals surface area (Å²) in [5, 5.41) is 40.3. The Morgan fingerprint density at radius 1 is 0.864 bits per heavy atom. The Labute approximate surface area is 133 Å². The molecule has 0 aromatic rings. The van der Waals surface area contributed by atoms with E-state index in [0.29, 0.717) is 10.3 Å². The first-order valence-corrected chi connectivity index (χ1v) is 6.71. The van der Waals surface area contributed by atoms with Crippen molar-refractivity contribution >= 4 is 33.9 Å². The highest BCUT2D eigenvalue weighted by Gasteiger charge is 1.99. The van der Waals surface area contributed by atoms with Gasteiger partial charge in [-0.25, -0.2) is 0 Å². The molecule has 0 saturated carbocycles. The van der Waals surface area contributed by atoms with Crippen molar-refractivity contribution in [2.24, 2.45) is 22.9 Å². The van der Waals surface area contributed by atoms with Crippen LogP contribution in [0.2, 0.25) is 0 Å². The molecule has 0 heterocycles. The summed E-state index contributed by atoms with van der Waals surface area (Å²) >= 11 is 2.52. The van der Waals surface area contributed by atoms with Crippen LogP contribution in [0.25, 0.3) is 0 Å². The second-order valence-electron chi connectivity index (χ2n) is 2.90. The minimum absolute atomic E-state index is 0.00463. The Bertz CT molecular complexity index is 301. The van der Waals surface area contributed by atoms with Crippen LogP contribution in [-0.4, -0.2) is 31.3 Å². The number of nitrogens with two attached hydrogens (primary N) is 6. The first kappa shape index (κ1) is 28.2. The largest absolute Gasteiger partial charge is 0.356 e. The van der Waals surface area contributed by atoms with Crippen LogP contribution in [0.15, 0.2) is 0 Å². The zero-order valence-corrected chi connectivity index (χ0v) is 13.4. The van der Waals surface area contributed by atoms with E-state index in [2.05, 4.69) is 0 Å². The van der Waals surface area contributed by atoms with Crippen LogP contribution in [0, 0.1) is 30.6 Å². The quantitative estimate of drug-likeness (QED) is 0.0891. The summed E-state index contributed by atoms with van der Waals surface area (Å²) in [6.07, 6.45) is 0. The van der Waals surface area contributed by atoms with E-state index in [4.69, 9.17) is 64.4 Å². The number of hydrogen-bond acceptors (Lipinski definition) is 10. The van der Waals surface area contributed by atoms with Gasteiger partial charge in [0.25, 0.3) is 0 Å². The van der Waals surface area contributed by atoms with Gasteiger partial charge in [-0.2, -0.15) is 0 Å². The molecule has 2 unspecified atom stereocenters. The zero-order chi connectivity index (χ0) is 18.9. The van der Waals surface area contributed by atoms with Gasteiger partial charge in [0.15, 0.2) is 0 Å². The third-order valence-electron chi connectivity index (χ3n) is 0.644. The van der Waals surface area contributed by atoms with Crippen LogP contribution in [-0.2, 0) is 0 Å². The van der Waals surface area contributed by atoms with Gasteiger partial charge in [-0.15, -0.1) is 0 Å². The van der Waals surface area contributed by atoms with Gasteiger partial charge in [-0.3, -0.25) is 22.3 Å². The first-order chi connectivity index (χ1) is 9.72. The highest BCUT2D eigenvalue weighted by atomic mass is 32.2. The molecular weight excluding hydrogens is 344 g/mol. The molecule has 12 N–H and O–H groups in total. The van der Waals surface area contributed by atoms with E-state index in [1.54, 1.807) is 0 Å². The molecule has 0 aliphatic carbocycles. The summed E-state index contributed by atoms with van der Waals surface area (Å²) in [7, 11) is 0. The Hall–Kier alpha value is -2.04. The lowest BCUT2D eigenvalue weighted by Gasteiger charge is -1.94. The fourth-order valence-electron chi connectivity index (χ4n) is 0.429. The van der Waals surface area contributed by atoms with Crippen molar-refractivity contribution in [2.45, 2.75) is 24.6 Å². The molecule has 0 aromatic carbocycles. The minimum atomic E-state index is -1.75. The molecule has 0 bridgehead atoms. The molecule has 0 aliphatic heterocycles. The SMILES string of the molecule is CC(N)SC(N)=[NH2+].CC(N)SC(N)=[NH2+].O=[N+]([O-])[O-].O=[N+]([O-])[O-]. The normalized spacial score (nSPS) is 10.7. The standard InChI is InChI=1S/2C3H9N3S.2NO3/c2*1-2(4)7-3(5)6;2*2-1(3)4/h2*2H,4H2,1H3,(H3,5,6);;/q;;2*-1/p+2. The Morgan fingerprint density at radius 3 is 1.00 bits per heavy atom. The number of rotatable bonds is 2. The Kier molecular flexibility index (Phi) is 24.3. The number of thioether (sulfide) groups is 2. The Balaban J connectivity index is -0.000000102. The van der Waals surface area contributed by atoms with E-state index in [9.17, 15) is 0 Å². The third-order valence-corrected chi connectivity index (χ3v) is 1.93. The fourth-order valence-corrected chi connectivity index (χ4v) is 1.29. The molecule has 0 aliphatic rings. The van der Waals surface area contributed by atoms with Crippen molar-refractivity contribution < 1.29 is 21.0 Å². The van der Waals surface area contributed by atoms with E-state index >= 15 is 0 Å². The molecule has 22 heavy (non-hydrogen) atoms. The molecule has 0 radical (unpaired) electrons. The van der Waals surface area contributed by atoms with E-state index in [0.717, 1.165) is 0 Å². The topological polar surface area (TPSA) is 288 Å². The van der Waals surface area contributed by atoms with Crippen molar-refractivity contribution in [2.75, 3.05) is 0 Å². The highest BCUT2D eigenvalue weighted by molar-refractivity contribution is 8.14. The highest BCUT2D eigenvalue weighted by Crippen LogP contribution is 1.98. The zero-order valence-electron chi connectivity index (χ0n) is 11.8. The van der Waals surface area contributed by atoms with Gasteiger partial charge in [0, 0.05) is 0 Å². The van der Waals surface area contributed by atoms with Crippen LogP contribution in [0.4, 0.5) is 0 Å². The van der Waals surface area contributed by atoms with Crippen LogP contribution in [0.1, 0.15) is 13.8 Å².